The van der Waals surface area contributed by atoms with Crippen molar-refractivity contribution in [1.29, 1.82) is 0 Å². The van der Waals surface area contributed by atoms with Gasteiger partial charge in [-0.2, -0.15) is 5.10 Å². The molecule has 0 saturated heterocycles. The van der Waals surface area contributed by atoms with E-state index in [1.807, 2.05) is 18.2 Å². The number of aryl methyl sites for hydroxylation is 1. The molecular formula is C12H13BrN2. The summed E-state index contributed by atoms with van der Waals surface area (Å²) in [6, 6.07) is 10.3. The summed E-state index contributed by atoms with van der Waals surface area (Å²) in [5, 5.41) is 7.28. The van der Waals surface area contributed by atoms with E-state index in [0.717, 1.165) is 17.4 Å². The van der Waals surface area contributed by atoms with Crippen LogP contribution < -0.4 is 0 Å². The normalized spacial score (nSPS) is 10.5. The van der Waals surface area contributed by atoms with Crippen LogP contribution in [0.1, 0.15) is 19.0 Å². The molecule has 2 rings (SSSR count). The average Bonchev–Trinajstić information content (AvgIpc) is 2.62. The van der Waals surface area contributed by atoms with E-state index in [9.17, 15) is 0 Å². The van der Waals surface area contributed by atoms with Crippen LogP contribution in [0.15, 0.2) is 34.9 Å². The van der Waals surface area contributed by atoms with Crippen LogP contribution in [0.25, 0.3) is 11.1 Å². The van der Waals surface area contributed by atoms with Gasteiger partial charge in [0.25, 0.3) is 0 Å². The molecule has 0 aliphatic carbocycles. The molecule has 78 valence electrons. The lowest BCUT2D eigenvalue weighted by molar-refractivity contribution is 0.867. The summed E-state index contributed by atoms with van der Waals surface area (Å²) in [6.45, 7) is 2.17. The van der Waals surface area contributed by atoms with Crippen molar-refractivity contribution in [1.82, 2.24) is 10.2 Å². The molecule has 1 aromatic carbocycles. The lowest BCUT2D eigenvalue weighted by Crippen LogP contribution is -1.87. The lowest BCUT2D eigenvalue weighted by atomic mass is 10.0. The number of H-pyrrole nitrogens is 1. The second kappa shape index (κ2) is 4.62. The third-order valence-electron chi connectivity index (χ3n) is 2.36. The Morgan fingerprint density at radius 2 is 2.00 bits per heavy atom. The number of nitrogens with zero attached hydrogens (tertiary/aromatic N) is 1. The zero-order valence-electron chi connectivity index (χ0n) is 8.63. The Morgan fingerprint density at radius 1 is 1.27 bits per heavy atom. The van der Waals surface area contributed by atoms with Crippen molar-refractivity contribution in [2.24, 2.45) is 0 Å². The van der Waals surface area contributed by atoms with Gasteiger partial charge in [0.2, 0.25) is 0 Å². The Morgan fingerprint density at radius 3 is 2.67 bits per heavy atom. The van der Waals surface area contributed by atoms with E-state index in [1.54, 1.807) is 0 Å². The quantitative estimate of drug-likeness (QED) is 0.898. The Labute approximate surface area is 97.8 Å². The van der Waals surface area contributed by atoms with E-state index in [4.69, 9.17) is 0 Å². The van der Waals surface area contributed by atoms with Crippen molar-refractivity contribution < 1.29 is 0 Å². The fourth-order valence-corrected chi connectivity index (χ4v) is 2.24. The van der Waals surface area contributed by atoms with Crippen molar-refractivity contribution in [2.45, 2.75) is 19.8 Å². The van der Waals surface area contributed by atoms with Gasteiger partial charge >= 0.3 is 0 Å². The van der Waals surface area contributed by atoms with Crippen LogP contribution >= 0.6 is 15.9 Å². The predicted molar refractivity (Wildman–Crippen MR) is 65.7 cm³/mol. The number of aromatic amines is 1. The van der Waals surface area contributed by atoms with Crippen molar-refractivity contribution in [3.8, 4) is 11.1 Å². The van der Waals surface area contributed by atoms with Gasteiger partial charge in [0, 0.05) is 11.3 Å². The van der Waals surface area contributed by atoms with E-state index >= 15 is 0 Å². The van der Waals surface area contributed by atoms with Gasteiger partial charge in [0.05, 0.1) is 0 Å². The number of hydrogen-bond donors (Lipinski definition) is 1. The summed E-state index contributed by atoms with van der Waals surface area (Å²) >= 11 is 3.48. The first-order valence-corrected chi connectivity index (χ1v) is 5.90. The second-order valence-corrected chi connectivity index (χ2v) is 4.24. The Kier molecular flexibility index (Phi) is 3.21. The second-order valence-electron chi connectivity index (χ2n) is 3.48. The van der Waals surface area contributed by atoms with Crippen LogP contribution in [0.4, 0.5) is 0 Å². The average molecular weight is 265 g/mol. The maximum Gasteiger partial charge on any atom is 0.135 e. The van der Waals surface area contributed by atoms with Gasteiger partial charge in [0.1, 0.15) is 4.60 Å². The Bertz CT molecular complexity index is 434. The zero-order valence-corrected chi connectivity index (χ0v) is 10.2. The number of halogens is 1. The smallest absolute Gasteiger partial charge is 0.135 e. The van der Waals surface area contributed by atoms with Gasteiger partial charge in [-0.1, -0.05) is 43.7 Å². The molecule has 1 N–H and O–H groups in total. The minimum atomic E-state index is 0.900. The predicted octanol–water partition coefficient (Wildman–Crippen LogP) is 3.79. The van der Waals surface area contributed by atoms with Gasteiger partial charge in [-0.25, -0.2) is 0 Å². The molecule has 0 bridgehead atoms. The Hall–Kier alpha value is -1.09. The first kappa shape index (κ1) is 10.4. The third-order valence-corrected chi connectivity index (χ3v) is 2.93. The molecule has 15 heavy (non-hydrogen) atoms. The van der Waals surface area contributed by atoms with E-state index in [1.165, 1.54) is 16.8 Å². The summed E-state index contributed by atoms with van der Waals surface area (Å²) in [4.78, 5) is 0. The molecule has 2 nitrogen and oxygen atoms in total. The molecule has 0 fully saturated rings. The number of hydrogen-bond acceptors (Lipinski definition) is 1. The number of nitrogens with one attached hydrogen (secondary N) is 1. The SMILES string of the molecule is CCCc1[nH]nc(Br)c1-c1ccccc1. The first-order valence-electron chi connectivity index (χ1n) is 5.11. The van der Waals surface area contributed by atoms with Crippen molar-refractivity contribution in [3.63, 3.8) is 0 Å². The monoisotopic (exact) mass is 264 g/mol. The molecule has 0 aliphatic heterocycles. The van der Waals surface area contributed by atoms with Crippen molar-refractivity contribution in [2.75, 3.05) is 0 Å². The highest BCUT2D eigenvalue weighted by Crippen LogP contribution is 2.30. The lowest BCUT2D eigenvalue weighted by Gasteiger charge is -2.02. The largest absolute Gasteiger partial charge is 0.281 e. The molecule has 0 atom stereocenters. The molecule has 1 heterocycles. The Balaban J connectivity index is 2.47. The van der Waals surface area contributed by atoms with Crippen LogP contribution in [0.3, 0.4) is 0 Å². The van der Waals surface area contributed by atoms with Crippen LogP contribution in [-0.4, -0.2) is 10.2 Å². The zero-order chi connectivity index (χ0) is 10.7. The minimum Gasteiger partial charge on any atom is -0.281 e. The summed E-state index contributed by atoms with van der Waals surface area (Å²) in [6.07, 6.45) is 2.15. The minimum absolute atomic E-state index is 0.900. The topological polar surface area (TPSA) is 28.7 Å². The standard InChI is InChI=1S/C12H13BrN2/c1-2-6-10-11(12(13)15-14-10)9-7-4-3-5-8-9/h3-5,7-8H,2,6H2,1H3,(H,14,15). The third kappa shape index (κ3) is 2.12. The molecule has 2 aromatic rings. The van der Waals surface area contributed by atoms with Gasteiger partial charge in [-0.3, -0.25) is 5.10 Å². The molecule has 0 saturated carbocycles. The highest BCUT2D eigenvalue weighted by molar-refractivity contribution is 9.10. The molecule has 0 spiro atoms. The van der Waals surface area contributed by atoms with Gasteiger partial charge in [-0.15, -0.1) is 0 Å². The van der Waals surface area contributed by atoms with Gasteiger partial charge < -0.3 is 0 Å². The molecule has 3 heteroatoms. The van der Waals surface area contributed by atoms with Gasteiger partial charge in [0.15, 0.2) is 0 Å². The van der Waals surface area contributed by atoms with Gasteiger partial charge in [-0.05, 0) is 27.9 Å². The maximum atomic E-state index is 4.20. The number of aromatic nitrogens is 2. The molecule has 1 aromatic heterocycles. The molecular weight excluding hydrogens is 252 g/mol. The van der Waals surface area contributed by atoms with E-state index in [2.05, 4.69) is 45.2 Å². The fraction of sp³-hybridized carbons (Fsp3) is 0.250. The summed E-state index contributed by atoms with van der Waals surface area (Å²) in [7, 11) is 0. The molecule has 0 unspecified atom stereocenters. The maximum absolute atomic E-state index is 4.20. The fourth-order valence-electron chi connectivity index (χ4n) is 1.68. The van der Waals surface area contributed by atoms with E-state index in [0.29, 0.717) is 0 Å². The van der Waals surface area contributed by atoms with E-state index in [-0.39, 0.29) is 0 Å². The molecule has 0 radical (unpaired) electrons. The molecule has 0 amide bonds. The van der Waals surface area contributed by atoms with Crippen molar-refractivity contribution in [3.05, 3.63) is 40.6 Å². The summed E-state index contributed by atoms with van der Waals surface area (Å²) < 4.78 is 0.900. The number of benzene rings is 1. The molecule has 0 aliphatic rings. The first-order chi connectivity index (χ1) is 7.33. The van der Waals surface area contributed by atoms with Crippen molar-refractivity contribution >= 4 is 15.9 Å². The van der Waals surface area contributed by atoms with E-state index < -0.39 is 0 Å². The van der Waals surface area contributed by atoms with Crippen LogP contribution in [0, 0.1) is 0 Å². The van der Waals surface area contributed by atoms with Crippen LogP contribution in [-0.2, 0) is 6.42 Å². The summed E-state index contributed by atoms with van der Waals surface area (Å²) in [5.74, 6) is 0. The summed E-state index contributed by atoms with van der Waals surface area (Å²) in [5.41, 5.74) is 3.61. The highest BCUT2D eigenvalue weighted by atomic mass is 79.9. The van der Waals surface area contributed by atoms with Crippen LogP contribution in [0.5, 0.6) is 0 Å². The van der Waals surface area contributed by atoms with Crippen LogP contribution in [0.2, 0.25) is 0 Å². The highest BCUT2D eigenvalue weighted by Gasteiger charge is 2.11. The number of rotatable bonds is 3.